The zero-order valence-electron chi connectivity index (χ0n) is 6.04. The van der Waals surface area contributed by atoms with E-state index in [1.54, 1.807) is 6.07 Å². The monoisotopic (exact) mass is 185 g/mol. The normalized spacial score (nSPS) is 9.17. The van der Waals surface area contributed by atoms with Crippen LogP contribution in [0.1, 0.15) is 5.56 Å². The van der Waals surface area contributed by atoms with Gasteiger partial charge >= 0.3 is 0 Å². The van der Waals surface area contributed by atoms with Gasteiger partial charge in [0.05, 0.1) is 6.54 Å². The molecule has 0 radical (unpaired) electrons. The average Bonchev–Trinajstić information content (AvgIpc) is 2.04. The minimum Gasteiger partial charge on any atom is -0.207 e. The molecule has 0 unspecified atom stereocenters. The molecule has 0 spiro atoms. The maximum atomic E-state index is 12.9. The predicted molar refractivity (Wildman–Crippen MR) is 44.3 cm³/mol. The van der Waals surface area contributed by atoms with Crippen molar-refractivity contribution in [2.45, 2.75) is 6.54 Å². The molecule has 0 saturated heterocycles. The second kappa shape index (κ2) is 3.95. The molecule has 1 aromatic rings. The molecule has 0 saturated carbocycles. The number of rotatable bonds is 2. The second-order valence-electron chi connectivity index (χ2n) is 2.09. The Kier molecular flexibility index (Phi) is 2.91. The molecule has 0 aromatic heterocycles. The Balaban J connectivity index is 3.03. The Morgan fingerprint density at radius 1 is 1.58 bits per heavy atom. The molecule has 0 aliphatic carbocycles. The summed E-state index contributed by atoms with van der Waals surface area (Å²) in [6.07, 6.45) is 0. The van der Waals surface area contributed by atoms with E-state index in [1.165, 1.54) is 12.1 Å². The van der Waals surface area contributed by atoms with Crippen LogP contribution in [0.25, 0.3) is 10.4 Å². The van der Waals surface area contributed by atoms with Crippen LogP contribution in [0, 0.1) is 5.82 Å². The van der Waals surface area contributed by atoms with Crippen LogP contribution in [0.3, 0.4) is 0 Å². The third-order valence-electron chi connectivity index (χ3n) is 1.35. The van der Waals surface area contributed by atoms with Crippen LogP contribution in [0.15, 0.2) is 23.3 Å². The van der Waals surface area contributed by atoms with Gasteiger partial charge < -0.3 is 0 Å². The van der Waals surface area contributed by atoms with E-state index in [-0.39, 0.29) is 17.1 Å². The van der Waals surface area contributed by atoms with Crippen LogP contribution in [0.5, 0.6) is 0 Å². The van der Waals surface area contributed by atoms with Crippen molar-refractivity contribution in [3.63, 3.8) is 0 Å². The van der Waals surface area contributed by atoms with Gasteiger partial charge in [-0.25, -0.2) is 4.39 Å². The van der Waals surface area contributed by atoms with E-state index in [0.29, 0.717) is 0 Å². The van der Waals surface area contributed by atoms with Gasteiger partial charge in [0.2, 0.25) is 0 Å². The average molecular weight is 186 g/mol. The van der Waals surface area contributed by atoms with Gasteiger partial charge in [0.25, 0.3) is 0 Å². The number of halogens is 2. The van der Waals surface area contributed by atoms with Crippen molar-refractivity contribution >= 4 is 11.6 Å². The Labute approximate surface area is 73.4 Å². The van der Waals surface area contributed by atoms with Crippen LogP contribution in [0.2, 0.25) is 5.02 Å². The Morgan fingerprint density at radius 3 is 2.92 bits per heavy atom. The van der Waals surface area contributed by atoms with Gasteiger partial charge in [0.1, 0.15) is 5.82 Å². The van der Waals surface area contributed by atoms with Crippen molar-refractivity contribution in [3.05, 3.63) is 45.0 Å². The molecule has 0 aliphatic heterocycles. The highest BCUT2D eigenvalue weighted by atomic mass is 35.5. The number of azide groups is 1. The standard InChI is InChI=1S/C7H5ClFN3/c8-6-2-1-3-7(9)5(6)4-11-12-10/h1-3H,4H2. The largest absolute Gasteiger partial charge is 0.207 e. The molecule has 0 heterocycles. The Morgan fingerprint density at radius 2 is 2.33 bits per heavy atom. The molecule has 62 valence electrons. The van der Waals surface area contributed by atoms with Crippen LogP contribution in [0.4, 0.5) is 4.39 Å². The SMILES string of the molecule is [N-]=[N+]=NCc1c(F)cccc1Cl. The number of nitrogens with zero attached hydrogens (tertiary/aromatic N) is 3. The van der Waals surface area contributed by atoms with E-state index in [9.17, 15) is 4.39 Å². The van der Waals surface area contributed by atoms with Crippen molar-refractivity contribution in [1.29, 1.82) is 0 Å². The minimum absolute atomic E-state index is 0.0536. The van der Waals surface area contributed by atoms with Crippen molar-refractivity contribution in [3.8, 4) is 0 Å². The third-order valence-corrected chi connectivity index (χ3v) is 1.71. The third kappa shape index (κ3) is 1.87. The molecule has 0 atom stereocenters. The lowest BCUT2D eigenvalue weighted by molar-refractivity contribution is 0.610. The van der Waals surface area contributed by atoms with Crippen molar-refractivity contribution in [2.75, 3.05) is 0 Å². The van der Waals surface area contributed by atoms with E-state index in [4.69, 9.17) is 17.1 Å². The molecule has 1 rings (SSSR count). The van der Waals surface area contributed by atoms with Gasteiger partial charge in [0, 0.05) is 15.5 Å². The molecule has 0 bridgehead atoms. The van der Waals surface area contributed by atoms with Crippen molar-refractivity contribution in [1.82, 2.24) is 0 Å². The summed E-state index contributed by atoms with van der Waals surface area (Å²) in [4.78, 5) is 2.51. The second-order valence-corrected chi connectivity index (χ2v) is 2.50. The molecule has 0 amide bonds. The van der Waals surface area contributed by atoms with E-state index in [2.05, 4.69) is 10.0 Å². The molecule has 3 nitrogen and oxygen atoms in total. The molecular weight excluding hydrogens is 181 g/mol. The fourth-order valence-corrected chi connectivity index (χ4v) is 1.01. The summed E-state index contributed by atoms with van der Waals surface area (Å²) >= 11 is 5.64. The highest BCUT2D eigenvalue weighted by molar-refractivity contribution is 6.31. The van der Waals surface area contributed by atoms with Gasteiger partial charge in [-0.15, -0.1) is 0 Å². The summed E-state index contributed by atoms with van der Waals surface area (Å²) in [5.41, 5.74) is 8.24. The van der Waals surface area contributed by atoms with Gasteiger partial charge in [-0.2, -0.15) is 0 Å². The topological polar surface area (TPSA) is 48.8 Å². The first-order valence-electron chi connectivity index (χ1n) is 3.19. The molecule has 5 heteroatoms. The van der Waals surface area contributed by atoms with Crippen LogP contribution in [-0.2, 0) is 6.54 Å². The zero-order valence-corrected chi connectivity index (χ0v) is 6.79. The summed E-state index contributed by atoms with van der Waals surface area (Å²) in [7, 11) is 0. The maximum Gasteiger partial charge on any atom is 0.128 e. The van der Waals surface area contributed by atoms with E-state index in [0.717, 1.165) is 0 Å². The molecular formula is C7H5ClFN3. The molecule has 12 heavy (non-hydrogen) atoms. The summed E-state index contributed by atoms with van der Waals surface area (Å²) in [5.74, 6) is -0.449. The van der Waals surface area contributed by atoms with Crippen LogP contribution >= 0.6 is 11.6 Å². The van der Waals surface area contributed by atoms with Gasteiger partial charge in [-0.1, -0.05) is 22.8 Å². The van der Waals surface area contributed by atoms with Crippen molar-refractivity contribution in [2.24, 2.45) is 5.11 Å². The van der Waals surface area contributed by atoms with Crippen LogP contribution < -0.4 is 0 Å². The fourth-order valence-electron chi connectivity index (χ4n) is 0.786. The van der Waals surface area contributed by atoms with Gasteiger partial charge in [-0.05, 0) is 17.7 Å². The quantitative estimate of drug-likeness (QED) is 0.386. The highest BCUT2D eigenvalue weighted by Gasteiger charge is 2.03. The lowest BCUT2D eigenvalue weighted by atomic mass is 10.2. The summed E-state index contributed by atoms with van der Waals surface area (Å²) in [6, 6.07) is 4.32. The molecule has 0 N–H and O–H groups in total. The van der Waals surface area contributed by atoms with Gasteiger partial charge in [0.15, 0.2) is 0 Å². The number of hydrogen-bond acceptors (Lipinski definition) is 1. The lowest BCUT2D eigenvalue weighted by Crippen LogP contribution is -1.88. The molecule has 0 aliphatic rings. The van der Waals surface area contributed by atoms with E-state index in [1.807, 2.05) is 0 Å². The lowest BCUT2D eigenvalue weighted by Gasteiger charge is -1.99. The minimum atomic E-state index is -0.449. The molecule has 0 fully saturated rings. The number of hydrogen-bond donors (Lipinski definition) is 0. The zero-order chi connectivity index (χ0) is 8.97. The first-order chi connectivity index (χ1) is 5.75. The number of benzene rings is 1. The fraction of sp³-hybridized carbons (Fsp3) is 0.143. The Bertz CT molecular complexity index is 313. The molecule has 1 aromatic carbocycles. The van der Waals surface area contributed by atoms with Crippen LogP contribution in [-0.4, -0.2) is 0 Å². The van der Waals surface area contributed by atoms with E-state index < -0.39 is 5.82 Å². The first-order valence-corrected chi connectivity index (χ1v) is 3.57. The summed E-state index contributed by atoms with van der Waals surface area (Å²) < 4.78 is 12.9. The van der Waals surface area contributed by atoms with Crippen molar-refractivity contribution < 1.29 is 4.39 Å². The highest BCUT2D eigenvalue weighted by Crippen LogP contribution is 2.19. The summed E-state index contributed by atoms with van der Waals surface area (Å²) in [6.45, 7) is -0.0536. The first kappa shape index (κ1) is 8.84. The maximum absolute atomic E-state index is 12.9. The predicted octanol–water partition coefficient (Wildman–Crippen LogP) is 3.29. The van der Waals surface area contributed by atoms with E-state index >= 15 is 0 Å². The van der Waals surface area contributed by atoms with Gasteiger partial charge in [-0.3, -0.25) is 0 Å². The summed E-state index contributed by atoms with van der Waals surface area (Å²) in [5, 5.41) is 3.50. The Hall–Kier alpha value is -1.25. The smallest absolute Gasteiger partial charge is 0.128 e.